The lowest BCUT2D eigenvalue weighted by Gasteiger charge is -2.37. The zero-order chi connectivity index (χ0) is 11.3. The molecule has 0 heterocycles. The van der Waals surface area contributed by atoms with Crippen LogP contribution in [0.4, 0.5) is 0 Å². The minimum absolute atomic E-state index is 0.716. The van der Waals surface area contributed by atoms with Gasteiger partial charge in [0.1, 0.15) is 0 Å². The molecule has 3 unspecified atom stereocenters. The van der Waals surface area contributed by atoms with E-state index in [2.05, 4.69) is 31.1 Å². The standard InChI is InChI=1S/C13H28N2/c1-11-6-5-7-13(10-11)15(4)12(2)8-9-14-3/h11-14H,5-10H2,1-4H3. The highest BCUT2D eigenvalue weighted by molar-refractivity contribution is 4.80. The van der Waals surface area contributed by atoms with E-state index in [1.807, 2.05) is 7.05 Å². The summed E-state index contributed by atoms with van der Waals surface area (Å²) in [4.78, 5) is 2.60. The Bertz CT molecular complexity index is 170. The van der Waals surface area contributed by atoms with Gasteiger partial charge in [0.25, 0.3) is 0 Å². The molecule has 0 aromatic heterocycles. The molecule has 0 aromatic rings. The van der Waals surface area contributed by atoms with Gasteiger partial charge in [0, 0.05) is 12.1 Å². The van der Waals surface area contributed by atoms with E-state index in [4.69, 9.17) is 0 Å². The van der Waals surface area contributed by atoms with Crippen LogP contribution in [0.1, 0.15) is 46.0 Å². The van der Waals surface area contributed by atoms with Gasteiger partial charge in [0.2, 0.25) is 0 Å². The fraction of sp³-hybridized carbons (Fsp3) is 1.00. The average Bonchev–Trinajstić information content (AvgIpc) is 2.24. The number of rotatable bonds is 5. The van der Waals surface area contributed by atoms with E-state index in [1.165, 1.54) is 32.1 Å². The molecule has 0 saturated heterocycles. The van der Waals surface area contributed by atoms with E-state index < -0.39 is 0 Å². The highest BCUT2D eigenvalue weighted by Crippen LogP contribution is 2.27. The lowest BCUT2D eigenvalue weighted by molar-refractivity contribution is 0.121. The summed E-state index contributed by atoms with van der Waals surface area (Å²) in [5, 5.41) is 3.24. The Labute approximate surface area is 95.4 Å². The van der Waals surface area contributed by atoms with Crippen molar-refractivity contribution in [3.8, 4) is 0 Å². The molecule has 1 fully saturated rings. The van der Waals surface area contributed by atoms with Gasteiger partial charge in [-0.3, -0.25) is 0 Å². The van der Waals surface area contributed by atoms with Gasteiger partial charge >= 0.3 is 0 Å². The minimum atomic E-state index is 0.716. The van der Waals surface area contributed by atoms with E-state index >= 15 is 0 Å². The molecule has 1 aliphatic rings. The summed E-state index contributed by atoms with van der Waals surface area (Å²) in [6.07, 6.45) is 6.94. The second kappa shape index (κ2) is 6.49. The Morgan fingerprint density at radius 3 is 2.73 bits per heavy atom. The van der Waals surface area contributed by atoms with Crippen LogP contribution in [0.15, 0.2) is 0 Å². The third-order valence-electron chi connectivity index (χ3n) is 3.99. The van der Waals surface area contributed by atoms with Crippen molar-refractivity contribution in [3.63, 3.8) is 0 Å². The molecule has 0 spiro atoms. The second-order valence-corrected chi connectivity index (χ2v) is 5.33. The molecule has 2 heteroatoms. The molecule has 90 valence electrons. The van der Waals surface area contributed by atoms with Gasteiger partial charge in [0.15, 0.2) is 0 Å². The Balaban J connectivity index is 2.33. The number of nitrogens with one attached hydrogen (secondary N) is 1. The lowest BCUT2D eigenvalue weighted by atomic mass is 9.86. The summed E-state index contributed by atoms with van der Waals surface area (Å²) in [6, 6.07) is 1.55. The largest absolute Gasteiger partial charge is 0.320 e. The first-order valence-electron chi connectivity index (χ1n) is 6.51. The quantitative estimate of drug-likeness (QED) is 0.753. The molecule has 3 atom stereocenters. The van der Waals surface area contributed by atoms with Crippen LogP contribution in [0.25, 0.3) is 0 Å². The van der Waals surface area contributed by atoms with Crippen LogP contribution >= 0.6 is 0 Å². The summed E-state index contributed by atoms with van der Waals surface area (Å²) in [6.45, 7) is 5.89. The van der Waals surface area contributed by atoms with Crippen LogP contribution in [0.3, 0.4) is 0 Å². The van der Waals surface area contributed by atoms with Crippen molar-refractivity contribution in [2.24, 2.45) is 5.92 Å². The molecule has 0 aliphatic heterocycles. The van der Waals surface area contributed by atoms with Gasteiger partial charge in [-0.25, -0.2) is 0 Å². The predicted molar refractivity (Wildman–Crippen MR) is 67.2 cm³/mol. The van der Waals surface area contributed by atoms with Gasteiger partial charge in [-0.1, -0.05) is 19.8 Å². The van der Waals surface area contributed by atoms with Gasteiger partial charge in [-0.15, -0.1) is 0 Å². The minimum Gasteiger partial charge on any atom is -0.320 e. The first kappa shape index (κ1) is 13.0. The van der Waals surface area contributed by atoms with Crippen molar-refractivity contribution in [3.05, 3.63) is 0 Å². The molecule has 0 aromatic carbocycles. The zero-order valence-corrected chi connectivity index (χ0v) is 10.9. The summed E-state index contributed by atoms with van der Waals surface area (Å²) in [5.41, 5.74) is 0. The summed E-state index contributed by atoms with van der Waals surface area (Å²) >= 11 is 0. The van der Waals surface area contributed by atoms with E-state index in [0.717, 1.165) is 18.5 Å². The Morgan fingerprint density at radius 2 is 2.13 bits per heavy atom. The highest BCUT2D eigenvalue weighted by atomic mass is 15.2. The maximum Gasteiger partial charge on any atom is 0.00975 e. The third kappa shape index (κ3) is 4.12. The molecular weight excluding hydrogens is 184 g/mol. The SMILES string of the molecule is CNCCC(C)N(C)C1CCCC(C)C1. The van der Waals surface area contributed by atoms with E-state index in [0.29, 0.717) is 6.04 Å². The first-order valence-corrected chi connectivity index (χ1v) is 6.51. The zero-order valence-electron chi connectivity index (χ0n) is 10.9. The van der Waals surface area contributed by atoms with Crippen molar-refractivity contribution in [2.75, 3.05) is 20.6 Å². The van der Waals surface area contributed by atoms with E-state index in [9.17, 15) is 0 Å². The predicted octanol–water partition coefficient (Wildman–Crippen LogP) is 2.49. The molecule has 0 radical (unpaired) electrons. The monoisotopic (exact) mass is 212 g/mol. The molecular formula is C13H28N2. The summed E-state index contributed by atoms with van der Waals surface area (Å²) in [7, 11) is 4.35. The van der Waals surface area contributed by atoms with Crippen molar-refractivity contribution in [2.45, 2.75) is 58.0 Å². The smallest absolute Gasteiger partial charge is 0.00975 e. The maximum atomic E-state index is 3.24. The Kier molecular flexibility index (Phi) is 5.62. The molecule has 1 N–H and O–H groups in total. The normalized spacial score (nSPS) is 29.4. The average molecular weight is 212 g/mol. The van der Waals surface area contributed by atoms with E-state index in [1.54, 1.807) is 0 Å². The van der Waals surface area contributed by atoms with Gasteiger partial charge in [0.05, 0.1) is 0 Å². The fourth-order valence-electron chi connectivity index (χ4n) is 2.69. The van der Waals surface area contributed by atoms with Gasteiger partial charge in [-0.2, -0.15) is 0 Å². The van der Waals surface area contributed by atoms with Crippen LogP contribution < -0.4 is 5.32 Å². The second-order valence-electron chi connectivity index (χ2n) is 5.33. The number of hydrogen-bond acceptors (Lipinski definition) is 2. The van der Waals surface area contributed by atoms with Crippen LogP contribution in [-0.2, 0) is 0 Å². The van der Waals surface area contributed by atoms with Crippen molar-refractivity contribution >= 4 is 0 Å². The molecule has 1 aliphatic carbocycles. The lowest BCUT2D eigenvalue weighted by Crippen LogP contribution is -2.42. The van der Waals surface area contributed by atoms with Crippen LogP contribution in [0.2, 0.25) is 0 Å². The third-order valence-corrected chi connectivity index (χ3v) is 3.99. The number of nitrogens with zero attached hydrogens (tertiary/aromatic N) is 1. The van der Waals surface area contributed by atoms with Crippen molar-refractivity contribution < 1.29 is 0 Å². The molecule has 1 saturated carbocycles. The Morgan fingerprint density at radius 1 is 1.40 bits per heavy atom. The molecule has 0 bridgehead atoms. The van der Waals surface area contributed by atoms with Crippen molar-refractivity contribution in [1.82, 2.24) is 10.2 Å². The van der Waals surface area contributed by atoms with Crippen LogP contribution in [0.5, 0.6) is 0 Å². The first-order chi connectivity index (χ1) is 7.15. The van der Waals surface area contributed by atoms with Gasteiger partial charge < -0.3 is 10.2 Å². The summed E-state index contributed by atoms with van der Waals surface area (Å²) < 4.78 is 0. The van der Waals surface area contributed by atoms with Gasteiger partial charge in [-0.05, 0) is 52.7 Å². The Hall–Kier alpha value is -0.0800. The van der Waals surface area contributed by atoms with Crippen molar-refractivity contribution in [1.29, 1.82) is 0 Å². The highest BCUT2D eigenvalue weighted by Gasteiger charge is 2.24. The molecule has 0 amide bonds. The molecule has 15 heavy (non-hydrogen) atoms. The number of hydrogen-bond donors (Lipinski definition) is 1. The summed E-state index contributed by atoms with van der Waals surface area (Å²) in [5.74, 6) is 0.933. The van der Waals surface area contributed by atoms with E-state index in [-0.39, 0.29) is 0 Å². The van der Waals surface area contributed by atoms with Crippen LogP contribution in [-0.4, -0.2) is 37.6 Å². The van der Waals surface area contributed by atoms with Crippen LogP contribution in [0, 0.1) is 5.92 Å². The fourth-order valence-corrected chi connectivity index (χ4v) is 2.69. The topological polar surface area (TPSA) is 15.3 Å². The molecule has 2 nitrogen and oxygen atoms in total. The molecule has 1 rings (SSSR count). The maximum absolute atomic E-state index is 3.24.